The number of hydrogen-bond donors (Lipinski definition) is 1. The molecule has 0 spiro atoms. The molecule has 4 rings (SSSR count). The number of Topliss-reactive ketones (excluding diaryl/α,β-unsaturated/α-hetero) is 1. The second-order valence-corrected chi connectivity index (χ2v) is 10.6. The van der Waals surface area contributed by atoms with E-state index in [0.717, 1.165) is 36.1 Å². The molecule has 2 heterocycles. The summed E-state index contributed by atoms with van der Waals surface area (Å²) >= 11 is 1.75. The number of imidazole rings is 1. The molecule has 1 N–H and O–H groups in total. The van der Waals surface area contributed by atoms with Crippen LogP contribution in [0, 0.1) is 11.8 Å². The lowest BCUT2D eigenvalue weighted by atomic mass is 9.85. The second-order valence-electron chi connectivity index (χ2n) is 9.57. The first kappa shape index (κ1) is 23.7. The van der Waals surface area contributed by atoms with Crippen molar-refractivity contribution < 1.29 is 14.7 Å². The number of nitrogens with zero attached hydrogens (tertiary/aromatic N) is 2. The Morgan fingerprint density at radius 1 is 1.21 bits per heavy atom. The summed E-state index contributed by atoms with van der Waals surface area (Å²) in [6, 6.07) is 10.6. The molecule has 0 bridgehead atoms. The maximum atomic E-state index is 13.0. The van der Waals surface area contributed by atoms with E-state index in [4.69, 9.17) is 4.98 Å². The predicted octanol–water partition coefficient (Wildman–Crippen LogP) is 6.90. The van der Waals surface area contributed by atoms with Crippen molar-refractivity contribution in [2.45, 2.75) is 77.7 Å². The zero-order chi connectivity index (χ0) is 23.4. The van der Waals surface area contributed by atoms with Gasteiger partial charge in [-0.1, -0.05) is 39.2 Å². The van der Waals surface area contributed by atoms with Gasteiger partial charge in [-0.3, -0.25) is 9.59 Å². The molecular weight excluding hydrogens is 432 g/mol. The fourth-order valence-corrected chi connectivity index (χ4v) is 6.08. The van der Waals surface area contributed by atoms with Crippen LogP contribution in [0.15, 0.2) is 35.7 Å². The molecule has 2 aromatic heterocycles. The molecular formula is C27H34N2O3S. The quantitative estimate of drug-likeness (QED) is 0.330. The number of carboxylic acid groups (broad SMARTS) is 1. The van der Waals surface area contributed by atoms with E-state index < -0.39 is 5.97 Å². The lowest BCUT2D eigenvalue weighted by molar-refractivity contribution is -0.138. The van der Waals surface area contributed by atoms with Crippen LogP contribution in [0.1, 0.15) is 92.3 Å². The molecule has 0 aliphatic heterocycles. The van der Waals surface area contributed by atoms with Gasteiger partial charge in [0.25, 0.3) is 0 Å². The molecule has 176 valence electrons. The third-order valence-corrected chi connectivity index (χ3v) is 7.91. The molecule has 0 amide bonds. The van der Waals surface area contributed by atoms with E-state index in [2.05, 4.69) is 35.1 Å². The molecule has 6 heteroatoms. The lowest BCUT2D eigenvalue weighted by Crippen LogP contribution is -2.22. The normalized spacial score (nSPS) is 19.6. The Labute approximate surface area is 199 Å². The van der Waals surface area contributed by atoms with Gasteiger partial charge in [-0.05, 0) is 60.7 Å². The van der Waals surface area contributed by atoms with Crippen LogP contribution in [0.5, 0.6) is 0 Å². The fourth-order valence-electron chi connectivity index (χ4n) is 5.38. The van der Waals surface area contributed by atoms with Crippen LogP contribution >= 0.6 is 11.3 Å². The third kappa shape index (κ3) is 5.55. The van der Waals surface area contributed by atoms with E-state index >= 15 is 0 Å². The highest BCUT2D eigenvalue weighted by atomic mass is 32.1. The minimum Gasteiger partial charge on any atom is -0.481 e. The average molecular weight is 467 g/mol. The second kappa shape index (κ2) is 10.6. The number of fused-ring (bicyclic) bond motifs is 1. The van der Waals surface area contributed by atoms with Gasteiger partial charge >= 0.3 is 5.97 Å². The van der Waals surface area contributed by atoms with Gasteiger partial charge < -0.3 is 9.67 Å². The Kier molecular flexibility index (Phi) is 7.63. The van der Waals surface area contributed by atoms with E-state index in [1.54, 1.807) is 11.3 Å². The number of carboxylic acids is 1. The molecule has 33 heavy (non-hydrogen) atoms. The van der Waals surface area contributed by atoms with Crippen molar-refractivity contribution >= 4 is 34.1 Å². The average Bonchev–Trinajstić information content (AvgIpc) is 3.41. The minimum atomic E-state index is -0.838. The largest absolute Gasteiger partial charge is 0.481 e. The SMILES string of the molecule is CCCC(CC(=O)O)CC(=O)c1ccc2c(c1)nc(Cc1cccs1)n2[C@@H]1CCCC[C@H]1C. The topological polar surface area (TPSA) is 72.2 Å². The first-order chi connectivity index (χ1) is 16.0. The van der Waals surface area contributed by atoms with Gasteiger partial charge in [0.2, 0.25) is 0 Å². The van der Waals surface area contributed by atoms with Gasteiger partial charge in [0, 0.05) is 35.7 Å². The highest BCUT2D eigenvalue weighted by Gasteiger charge is 2.27. The van der Waals surface area contributed by atoms with Gasteiger partial charge in [-0.25, -0.2) is 4.98 Å². The standard InChI is InChI=1S/C27H34N2O3S/c1-3-7-19(15-27(31)32)14-25(30)20-11-12-24-22(16-20)28-26(17-21-9-6-13-33-21)29(24)23-10-5-4-8-18(23)2/h6,9,11-13,16,18-19,23H,3-5,7-8,10,14-15,17H2,1-2H3,(H,31,32)/t18-,19?,23-/m1/s1. The molecule has 0 radical (unpaired) electrons. The Bertz CT molecular complexity index is 1100. The number of benzene rings is 1. The van der Waals surface area contributed by atoms with Crippen molar-refractivity contribution in [2.24, 2.45) is 11.8 Å². The van der Waals surface area contributed by atoms with Gasteiger partial charge in [0.15, 0.2) is 5.78 Å². The molecule has 1 aromatic carbocycles. The third-order valence-electron chi connectivity index (χ3n) is 7.03. The minimum absolute atomic E-state index is 0.0111. The van der Waals surface area contributed by atoms with Crippen LogP contribution < -0.4 is 0 Å². The van der Waals surface area contributed by atoms with E-state index in [1.807, 2.05) is 19.1 Å². The Morgan fingerprint density at radius 2 is 2.03 bits per heavy atom. The number of thiophene rings is 1. The van der Waals surface area contributed by atoms with E-state index in [9.17, 15) is 14.7 Å². The summed E-state index contributed by atoms with van der Waals surface area (Å²) in [7, 11) is 0. The summed E-state index contributed by atoms with van der Waals surface area (Å²) < 4.78 is 2.44. The lowest BCUT2D eigenvalue weighted by Gasteiger charge is -2.31. The number of hydrogen-bond acceptors (Lipinski definition) is 4. The van der Waals surface area contributed by atoms with Crippen molar-refractivity contribution in [2.75, 3.05) is 0 Å². The van der Waals surface area contributed by atoms with Gasteiger partial charge in [0.1, 0.15) is 5.82 Å². The molecule has 1 unspecified atom stereocenters. The zero-order valence-corrected chi connectivity index (χ0v) is 20.4. The number of rotatable bonds is 10. The summed E-state index contributed by atoms with van der Waals surface area (Å²) in [4.78, 5) is 30.6. The first-order valence-electron chi connectivity index (χ1n) is 12.2. The summed E-state index contributed by atoms with van der Waals surface area (Å²) in [6.07, 6.45) is 7.68. The highest BCUT2D eigenvalue weighted by molar-refractivity contribution is 7.09. The molecule has 5 nitrogen and oxygen atoms in total. The molecule has 0 saturated heterocycles. The Hall–Kier alpha value is -2.47. The monoisotopic (exact) mass is 466 g/mol. The van der Waals surface area contributed by atoms with Crippen LogP contribution in [0.4, 0.5) is 0 Å². The summed E-state index contributed by atoms with van der Waals surface area (Å²) in [5, 5.41) is 11.3. The number of aliphatic carboxylic acids is 1. The zero-order valence-electron chi connectivity index (χ0n) is 19.6. The van der Waals surface area contributed by atoms with Crippen molar-refractivity contribution in [1.29, 1.82) is 0 Å². The molecule has 1 aliphatic carbocycles. The maximum Gasteiger partial charge on any atom is 0.303 e. The van der Waals surface area contributed by atoms with Crippen molar-refractivity contribution in [3.63, 3.8) is 0 Å². The summed E-state index contributed by atoms with van der Waals surface area (Å²) in [6.45, 7) is 4.37. The Morgan fingerprint density at radius 3 is 2.73 bits per heavy atom. The molecule has 3 aromatic rings. The van der Waals surface area contributed by atoms with Crippen LogP contribution in [-0.2, 0) is 11.2 Å². The van der Waals surface area contributed by atoms with Gasteiger partial charge in [-0.15, -0.1) is 11.3 Å². The van der Waals surface area contributed by atoms with Crippen molar-refractivity contribution in [1.82, 2.24) is 9.55 Å². The van der Waals surface area contributed by atoms with Crippen LogP contribution in [0.3, 0.4) is 0 Å². The fraction of sp³-hybridized carbons (Fsp3) is 0.519. The van der Waals surface area contributed by atoms with Crippen LogP contribution in [0.2, 0.25) is 0 Å². The molecule has 1 fully saturated rings. The van der Waals surface area contributed by atoms with E-state index in [-0.39, 0.29) is 24.5 Å². The number of carbonyl (C=O) groups excluding carboxylic acids is 1. The smallest absolute Gasteiger partial charge is 0.303 e. The van der Waals surface area contributed by atoms with Crippen molar-refractivity contribution in [3.8, 4) is 0 Å². The molecule has 1 saturated carbocycles. The molecule has 3 atom stereocenters. The van der Waals surface area contributed by atoms with Crippen molar-refractivity contribution in [3.05, 3.63) is 52.0 Å². The summed E-state index contributed by atoms with van der Waals surface area (Å²) in [5.74, 6) is 0.730. The maximum absolute atomic E-state index is 13.0. The van der Waals surface area contributed by atoms with Crippen LogP contribution in [-0.4, -0.2) is 26.4 Å². The predicted molar refractivity (Wildman–Crippen MR) is 133 cm³/mol. The van der Waals surface area contributed by atoms with Gasteiger partial charge in [0.05, 0.1) is 11.0 Å². The summed E-state index contributed by atoms with van der Waals surface area (Å²) in [5.41, 5.74) is 2.61. The van der Waals surface area contributed by atoms with E-state index in [1.165, 1.54) is 30.6 Å². The highest BCUT2D eigenvalue weighted by Crippen LogP contribution is 2.37. The molecule has 1 aliphatic rings. The Balaban J connectivity index is 1.67. The van der Waals surface area contributed by atoms with Crippen LogP contribution in [0.25, 0.3) is 11.0 Å². The number of ketones is 1. The first-order valence-corrected chi connectivity index (χ1v) is 13.1. The number of aromatic nitrogens is 2. The van der Waals surface area contributed by atoms with Gasteiger partial charge in [-0.2, -0.15) is 0 Å². The van der Waals surface area contributed by atoms with E-state index in [0.29, 0.717) is 17.5 Å². The number of carbonyl (C=O) groups is 2.